The summed E-state index contributed by atoms with van der Waals surface area (Å²) in [5, 5.41) is 38.9. The van der Waals surface area contributed by atoms with Gasteiger partial charge in [0.05, 0.1) is 18.3 Å². The number of nitrogens with zero attached hydrogens (tertiary/aromatic N) is 3. The first-order valence-electron chi connectivity index (χ1n) is 39.2. The Morgan fingerprint density at radius 1 is 0.652 bits per heavy atom. The number of aryl methyl sites for hydroxylation is 1. The third-order valence-corrected chi connectivity index (χ3v) is 19.4. The summed E-state index contributed by atoms with van der Waals surface area (Å²) in [7, 11) is -4.46. The summed E-state index contributed by atoms with van der Waals surface area (Å²) in [6.07, 6.45) is 13.0. The number of hydrogen-bond acceptors (Lipinski definition) is 20. The predicted octanol–water partition coefficient (Wildman–Crippen LogP) is 9.15. The number of nitrogens with one attached hydrogen (secondary N) is 10. The second-order valence-corrected chi connectivity index (χ2v) is 31.0. The molecule has 1 saturated heterocycles. The summed E-state index contributed by atoms with van der Waals surface area (Å²) in [6, 6.07) is 24.5. The minimum Gasteiger partial charge on any atom is -0.508 e. The molecule has 0 radical (unpaired) electrons. The summed E-state index contributed by atoms with van der Waals surface area (Å²) in [5.74, 6) is -4.85. The molecule has 1 aliphatic rings. The molecule has 6 atom stereocenters. The molecule has 32 heteroatoms. The highest BCUT2D eigenvalue weighted by molar-refractivity contribution is 7.86. The van der Waals surface area contributed by atoms with E-state index in [4.69, 9.17) is 14.2 Å². The lowest BCUT2D eigenvalue weighted by molar-refractivity contribution is -0.138. The molecule has 1 aliphatic heterocycles. The van der Waals surface area contributed by atoms with E-state index < -0.39 is 112 Å². The van der Waals surface area contributed by atoms with Crippen molar-refractivity contribution in [3.63, 3.8) is 0 Å². The Morgan fingerprint density at radius 3 is 1.97 bits per heavy atom. The van der Waals surface area contributed by atoms with Crippen molar-refractivity contribution >= 4 is 93.3 Å². The fourth-order valence-corrected chi connectivity index (χ4v) is 13.2. The molecule has 115 heavy (non-hydrogen) atoms. The molecule has 31 nitrogen and oxygen atoms in total. The van der Waals surface area contributed by atoms with Crippen LogP contribution in [0.5, 0.6) is 5.75 Å². The molecule has 12 N–H and O–H groups in total. The van der Waals surface area contributed by atoms with Crippen molar-refractivity contribution in [2.45, 2.75) is 223 Å². The van der Waals surface area contributed by atoms with Crippen LogP contribution in [0.2, 0.25) is 0 Å². The van der Waals surface area contributed by atoms with Crippen molar-refractivity contribution in [3.8, 4) is 5.75 Å². The number of hydrogen-bond donors (Lipinski definition) is 12. The zero-order valence-electron chi connectivity index (χ0n) is 66.5. The predicted molar refractivity (Wildman–Crippen MR) is 433 cm³/mol. The highest BCUT2D eigenvalue weighted by Crippen LogP contribution is 2.23. The minimum absolute atomic E-state index is 0.0302. The maximum absolute atomic E-state index is 14.8. The highest BCUT2D eigenvalue weighted by atomic mass is 32.2. The lowest BCUT2D eigenvalue weighted by Gasteiger charge is -2.27. The van der Waals surface area contributed by atoms with Gasteiger partial charge in [-0.05, 0) is 176 Å². The van der Waals surface area contributed by atoms with Gasteiger partial charge in [-0.1, -0.05) is 118 Å². The van der Waals surface area contributed by atoms with Crippen LogP contribution in [0, 0.1) is 5.92 Å². The maximum atomic E-state index is 14.8. The number of carbonyl (C=O) groups is 11. The molecule has 0 bridgehead atoms. The number of unbranched alkanes of at least 4 members (excludes halogenated alkanes) is 7. The number of hydrazone groups is 1. The monoisotopic (exact) mass is 1610 g/mol. The molecular weight excluding hydrogens is 1500 g/mol. The van der Waals surface area contributed by atoms with Gasteiger partial charge in [-0.15, -0.1) is 6.58 Å². The number of pyridine rings is 1. The van der Waals surface area contributed by atoms with Gasteiger partial charge in [0.1, 0.15) is 65.0 Å². The van der Waals surface area contributed by atoms with Crippen molar-refractivity contribution in [1.29, 1.82) is 0 Å². The van der Waals surface area contributed by atoms with E-state index in [-0.39, 0.29) is 117 Å². The zero-order valence-corrected chi connectivity index (χ0v) is 67.3. The molecule has 6 rings (SSSR count). The Balaban J connectivity index is 1.03. The second kappa shape index (κ2) is 48.7. The molecule has 10 amide bonds. The van der Waals surface area contributed by atoms with Crippen molar-refractivity contribution in [3.05, 3.63) is 162 Å². The lowest BCUT2D eigenvalue weighted by Crippen LogP contribution is -2.58. The number of carbonyl (C=O) groups excluding carboxylic acids is 11. The molecule has 1 unspecified atom stereocenters. The van der Waals surface area contributed by atoms with E-state index in [0.29, 0.717) is 55.5 Å². The molecule has 0 spiro atoms. The van der Waals surface area contributed by atoms with Crippen LogP contribution in [0.3, 0.4) is 0 Å². The summed E-state index contributed by atoms with van der Waals surface area (Å²) in [6.45, 7) is 14.1. The molecule has 1 aromatic heterocycles. The van der Waals surface area contributed by atoms with E-state index >= 15 is 0 Å². The van der Waals surface area contributed by atoms with Crippen molar-refractivity contribution in [1.82, 2.24) is 52.4 Å². The molecule has 5 aromatic rings. The first-order chi connectivity index (χ1) is 54.9. The summed E-state index contributed by atoms with van der Waals surface area (Å²) in [4.78, 5) is 154. The van der Waals surface area contributed by atoms with Crippen LogP contribution < -0.4 is 53.3 Å². The van der Waals surface area contributed by atoms with E-state index in [0.717, 1.165) is 56.9 Å². The van der Waals surface area contributed by atoms with E-state index in [1.807, 2.05) is 50.3 Å². The smallest absolute Gasteiger partial charge is 0.508 e. The molecule has 1 fully saturated rings. The van der Waals surface area contributed by atoms with E-state index in [1.54, 1.807) is 63.2 Å². The largest absolute Gasteiger partial charge is 0.508 e. The van der Waals surface area contributed by atoms with Crippen molar-refractivity contribution in [2.24, 2.45) is 11.0 Å². The third kappa shape index (κ3) is 35.8. The quantitative estimate of drug-likeness (QED) is 0.00431. The molecule has 624 valence electrons. The van der Waals surface area contributed by atoms with Gasteiger partial charge in [0.2, 0.25) is 47.3 Å². The maximum Gasteiger partial charge on any atom is 0.508 e. The summed E-state index contributed by atoms with van der Waals surface area (Å²) < 4.78 is 49.7. The number of ether oxygens (including phenoxy) is 3. The van der Waals surface area contributed by atoms with Crippen LogP contribution in [0.4, 0.5) is 21.1 Å². The molecule has 4 aromatic carbocycles. The number of amides is 10. The topological polar surface area (TPSA) is 439 Å². The fraction of sp³-hybridized carbons (Fsp3) is 0.482. The number of anilines is 2. The Bertz CT molecular complexity index is 4150. The zero-order chi connectivity index (χ0) is 83.7. The lowest BCUT2D eigenvalue weighted by atomic mass is 10.0. The van der Waals surface area contributed by atoms with Gasteiger partial charge >= 0.3 is 12.2 Å². The first kappa shape index (κ1) is 92.6. The highest BCUT2D eigenvalue weighted by Gasteiger charge is 2.36. The van der Waals surface area contributed by atoms with E-state index in [2.05, 4.69) is 69.9 Å². The number of rotatable bonds is 48. The van der Waals surface area contributed by atoms with Crippen LogP contribution in [-0.2, 0) is 82.1 Å². The Kier molecular flexibility index (Phi) is 39.2. The number of benzene rings is 4. The van der Waals surface area contributed by atoms with Crippen LogP contribution in [0.15, 0.2) is 144 Å². The van der Waals surface area contributed by atoms with E-state index in [9.17, 15) is 70.8 Å². The molecule has 2 heterocycles. The number of aromatic hydroxyl groups is 1. The fourth-order valence-electron chi connectivity index (χ4n) is 12.5. The second-order valence-electron chi connectivity index (χ2n) is 29.6. The molecule has 0 aliphatic carbocycles. The van der Waals surface area contributed by atoms with Gasteiger partial charge < -0.3 is 72.1 Å². The average molecular weight is 1610 g/mol. The Hall–Kier alpha value is -11.3. The summed E-state index contributed by atoms with van der Waals surface area (Å²) in [5.41, 5.74) is 4.44. The average Bonchev–Trinajstić information content (AvgIpc) is 1.77. The van der Waals surface area contributed by atoms with Gasteiger partial charge in [0.15, 0.2) is 0 Å². The van der Waals surface area contributed by atoms with Gasteiger partial charge in [0.25, 0.3) is 16.0 Å². The van der Waals surface area contributed by atoms with Gasteiger partial charge in [-0.2, -0.15) is 13.5 Å². The Labute approximate surface area is 673 Å². The Morgan fingerprint density at radius 2 is 1.30 bits per heavy atom. The molecular formula is C83H113N13O18S. The normalized spacial score (nSPS) is 14.0. The third-order valence-electron chi connectivity index (χ3n) is 18.5. The number of alkyl carbamates (subject to hydrolysis) is 1. The van der Waals surface area contributed by atoms with Crippen LogP contribution >= 0.6 is 0 Å². The summed E-state index contributed by atoms with van der Waals surface area (Å²) >= 11 is 0. The van der Waals surface area contributed by atoms with Crippen molar-refractivity contribution < 1.29 is 85.0 Å². The van der Waals surface area contributed by atoms with E-state index in [1.165, 1.54) is 66.7 Å². The SMILES string of the molecule is C=CCCCCCCC(CCCCCCC(=O)NCCNC(=O)c1ccc(N/N=C/c2ccccc2S(=O)(=O)O)nc1)OC(=O)OCc1ccc(NC(=O)[C@H](CCCNC(=O)OC(C)(C)C)NC(=O)[C@H](Cc2ccc(O)cc2)NC(=O)[C@H](CCc2ccccc2)NC(=O)CNC(=O)[C@H](CC(C)C)NC(=O)[C@@H]2CCCN2C(C)=O)cc1. The molecule has 0 saturated carbocycles. The first-order valence-corrected chi connectivity index (χ1v) is 40.6. The van der Waals surface area contributed by atoms with Gasteiger partial charge in [-0.25, -0.2) is 14.6 Å². The number of phenolic OH excluding ortho intramolecular Hbond substituents is 1. The van der Waals surface area contributed by atoms with Crippen LogP contribution in [0.1, 0.15) is 190 Å². The van der Waals surface area contributed by atoms with Gasteiger partial charge in [0, 0.05) is 63.4 Å². The standard InChI is InChI=1S/C83H113N13O18S/c1-8-9-10-11-12-18-28-65(29-19-13-14-20-33-73(99)84-47-48-85-75(101)62-39-45-72(87-52-62)95-89-53-61-27-21-22-32-71(61)115(109,110)111)113-82(108)112-55-60-34-40-63(41-35-60)90-77(103)66(30-23-46-86-81(107)114-83(5,6)7)92-79(105)69(51-59-36-42-64(98)43-37-59)93-78(104)67(44-38-58-25-16-15-17-26-58)91-74(100)54-88-76(102)68(50-56(2)3)94-80(106)70-31-24-49-96(70)57(4)97/h8,15-17,21-22,25-27,32,34-37,39-43,45,52-53,56,65-70,98H,1,9-14,18-20,23-24,28-31,33,38,44,46-51,54-55H2,2-7H3,(H,84,99)(H,85,101)(H,86,107)(H,87,95)(H,88,102)(H,90,103)(H,91,100)(H,92,105)(H,93,104)(H,94,106)(H,109,110,111)/b89-53+/t65?,66-,67-,68-,69-,70-/m0/s1. The number of aromatic nitrogens is 1. The minimum atomic E-state index is -4.46. The number of allylic oxidation sites excluding steroid dienone is 1. The van der Waals surface area contributed by atoms with Crippen LogP contribution in [-0.4, -0.2) is 174 Å². The van der Waals surface area contributed by atoms with Gasteiger partial charge in [-0.3, -0.25) is 53.1 Å². The number of likely N-dealkylation sites (tertiary alicyclic amines) is 1. The van der Waals surface area contributed by atoms with Crippen molar-refractivity contribution in [2.75, 3.05) is 43.5 Å². The number of phenols is 1. The van der Waals surface area contributed by atoms with Crippen LogP contribution in [0.25, 0.3) is 0 Å².